The van der Waals surface area contributed by atoms with Crippen LogP contribution in [0.15, 0.2) is 24.3 Å². The smallest absolute Gasteiger partial charge is 0.120 e. The van der Waals surface area contributed by atoms with Gasteiger partial charge >= 0.3 is 0 Å². The van der Waals surface area contributed by atoms with Crippen molar-refractivity contribution < 1.29 is 14.6 Å². The normalized spacial score (nSPS) is 25.1. The maximum Gasteiger partial charge on any atom is 0.120 e. The Morgan fingerprint density at radius 1 is 1.30 bits per heavy atom. The zero-order valence-electron chi connectivity index (χ0n) is 13.9. The molecular weight excluding hydrogens is 290 g/mol. The lowest BCUT2D eigenvalue weighted by Gasteiger charge is -2.27. The van der Waals surface area contributed by atoms with E-state index in [-0.39, 0.29) is 12.0 Å². The summed E-state index contributed by atoms with van der Waals surface area (Å²) >= 11 is 0. The van der Waals surface area contributed by atoms with Gasteiger partial charge < -0.3 is 19.9 Å². The maximum absolute atomic E-state index is 9.28. The molecule has 0 aromatic heterocycles. The van der Waals surface area contributed by atoms with Crippen molar-refractivity contribution in [2.75, 3.05) is 26.4 Å². The van der Waals surface area contributed by atoms with E-state index in [0.717, 1.165) is 44.9 Å². The highest BCUT2D eigenvalue weighted by Crippen LogP contribution is 2.31. The number of hydrogen-bond acceptors (Lipinski definition) is 4. The van der Waals surface area contributed by atoms with E-state index in [1.54, 1.807) is 0 Å². The fraction of sp³-hybridized carbons (Fsp3) is 0.684. The second-order valence-corrected chi connectivity index (χ2v) is 7.05. The third kappa shape index (κ3) is 4.69. The van der Waals surface area contributed by atoms with Crippen LogP contribution in [0.3, 0.4) is 0 Å². The van der Waals surface area contributed by atoms with Gasteiger partial charge in [0, 0.05) is 31.7 Å². The SMILES string of the molecule is OCCC1(CNCc2cccc(OC3CCCC3)c2)CCOC1. The third-order valence-electron chi connectivity index (χ3n) is 5.16. The van der Waals surface area contributed by atoms with E-state index < -0.39 is 0 Å². The molecule has 4 heteroatoms. The lowest BCUT2D eigenvalue weighted by atomic mass is 9.84. The highest BCUT2D eigenvalue weighted by atomic mass is 16.5. The molecule has 4 nitrogen and oxygen atoms in total. The lowest BCUT2D eigenvalue weighted by molar-refractivity contribution is 0.124. The van der Waals surface area contributed by atoms with Crippen molar-refractivity contribution in [1.29, 1.82) is 0 Å². The van der Waals surface area contributed by atoms with Crippen LogP contribution in [0.1, 0.15) is 44.1 Å². The molecule has 1 aliphatic carbocycles. The Kier molecular flexibility index (Phi) is 5.92. The summed E-state index contributed by atoms with van der Waals surface area (Å²) in [6.45, 7) is 3.52. The molecule has 128 valence electrons. The fourth-order valence-corrected chi connectivity index (χ4v) is 3.71. The first-order chi connectivity index (χ1) is 11.3. The van der Waals surface area contributed by atoms with Gasteiger partial charge in [0.2, 0.25) is 0 Å². The summed E-state index contributed by atoms with van der Waals surface area (Å²) < 4.78 is 11.6. The summed E-state index contributed by atoms with van der Waals surface area (Å²) in [6.07, 6.45) is 7.21. The van der Waals surface area contributed by atoms with Crippen LogP contribution in [0, 0.1) is 5.41 Å². The minimum absolute atomic E-state index is 0.104. The highest BCUT2D eigenvalue weighted by Gasteiger charge is 2.33. The number of nitrogens with one attached hydrogen (secondary N) is 1. The van der Waals surface area contributed by atoms with Gasteiger partial charge in [-0.15, -0.1) is 0 Å². The first kappa shape index (κ1) is 16.7. The average molecular weight is 319 g/mol. The monoisotopic (exact) mass is 319 g/mol. The van der Waals surface area contributed by atoms with Gasteiger partial charge in [-0.25, -0.2) is 0 Å². The Morgan fingerprint density at radius 3 is 2.91 bits per heavy atom. The summed E-state index contributed by atoms with van der Waals surface area (Å²) in [5.74, 6) is 0.991. The van der Waals surface area contributed by atoms with Gasteiger partial charge in [-0.1, -0.05) is 12.1 Å². The topological polar surface area (TPSA) is 50.7 Å². The van der Waals surface area contributed by atoms with Crippen LogP contribution >= 0.6 is 0 Å². The zero-order chi connectivity index (χ0) is 16.0. The molecule has 0 spiro atoms. The van der Waals surface area contributed by atoms with Crippen LogP contribution in [0.4, 0.5) is 0 Å². The number of hydrogen-bond donors (Lipinski definition) is 2. The molecule has 2 fully saturated rings. The van der Waals surface area contributed by atoms with Crippen LogP contribution in [0.2, 0.25) is 0 Å². The quantitative estimate of drug-likeness (QED) is 0.773. The van der Waals surface area contributed by atoms with Gasteiger partial charge in [0.05, 0.1) is 12.7 Å². The van der Waals surface area contributed by atoms with Crippen molar-refractivity contribution >= 4 is 0 Å². The van der Waals surface area contributed by atoms with E-state index in [2.05, 4.69) is 29.6 Å². The molecule has 2 N–H and O–H groups in total. The molecule has 1 heterocycles. The third-order valence-corrected chi connectivity index (χ3v) is 5.16. The van der Waals surface area contributed by atoms with Crippen molar-refractivity contribution in [1.82, 2.24) is 5.32 Å². The molecule has 1 saturated carbocycles. The van der Waals surface area contributed by atoms with Crippen molar-refractivity contribution in [2.45, 2.75) is 51.2 Å². The number of ether oxygens (including phenoxy) is 2. The molecule has 23 heavy (non-hydrogen) atoms. The number of rotatable bonds is 8. The van der Waals surface area contributed by atoms with E-state index in [0.29, 0.717) is 6.10 Å². The maximum atomic E-state index is 9.28. The van der Waals surface area contributed by atoms with E-state index in [1.807, 2.05) is 0 Å². The molecule has 1 aromatic carbocycles. The Labute approximate surface area is 139 Å². The van der Waals surface area contributed by atoms with Crippen LogP contribution in [0.25, 0.3) is 0 Å². The van der Waals surface area contributed by atoms with Crippen LogP contribution in [0.5, 0.6) is 5.75 Å². The molecule has 1 atom stereocenters. The summed E-state index contributed by atoms with van der Waals surface area (Å²) in [5, 5.41) is 12.8. The minimum atomic E-state index is 0.104. The van der Waals surface area contributed by atoms with E-state index in [9.17, 15) is 5.11 Å². The molecule has 0 amide bonds. The Hall–Kier alpha value is -1.10. The summed E-state index contributed by atoms with van der Waals surface area (Å²) in [6, 6.07) is 8.41. The molecule has 1 saturated heterocycles. The Morgan fingerprint density at radius 2 is 2.17 bits per heavy atom. The van der Waals surface area contributed by atoms with E-state index >= 15 is 0 Å². The Balaban J connectivity index is 1.49. The van der Waals surface area contributed by atoms with Gasteiger partial charge in [0.1, 0.15) is 5.75 Å². The molecule has 2 aliphatic rings. The largest absolute Gasteiger partial charge is 0.490 e. The molecule has 1 aliphatic heterocycles. The van der Waals surface area contributed by atoms with Crippen LogP contribution in [-0.2, 0) is 11.3 Å². The summed E-state index contributed by atoms with van der Waals surface area (Å²) in [7, 11) is 0. The number of benzene rings is 1. The predicted molar refractivity (Wildman–Crippen MR) is 90.6 cm³/mol. The molecule has 0 bridgehead atoms. The zero-order valence-corrected chi connectivity index (χ0v) is 13.9. The molecule has 1 aromatic rings. The minimum Gasteiger partial charge on any atom is -0.490 e. The summed E-state index contributed by atoms with van der Waals surface area (Å²) in [5.41, 5.74) is 1.35. The average Bonchev–Trinajstić information content (AvgIpc) is 3.21. The van der Waals surface area contributed by atoms with E-state index in [4.69, 9.17) is 9.47 Å². The van der Waals surface area contributed by atoms with Gasteiger partial charge in [-0.3, -0.25) is 0 Å². The van der Waals surface area contributed by atoms with Crippen molar-refractivity contribution in [3.05, 3.63) is 29.8 Å². The highest BCUT2D eigenvalue weighted by molar-refractivity contribution is 5.28. The van der Waals surface area contributed by atoms with Crippen molar-refractivity contribution in [2.24, 2.45) is 5.41 Å². The van der Waals surface area contributed by atoms with Gasteiger partial charge in [-0.2, -0.15) is 0 Å². The van der Waals surface area contributed by atoms with Gasteiger partial charge in [-0.05, 0) is 56.2 Å². The standard InChI is InChI=1S/C19H29NO3/c21-10-8-19(9-11-22-15-19)14-20-13-16-4-3-7-18(12-16)23-17-5-1-2-6-17/h3-4,7,12,17,20-21H,1-2,5-6,8-11,13-15H2. The second-order valence-electron chi connectivity index (χ2n) is 7.05. The second kappa shape index (κ2) is 8.13. The summed E-state index contributed by atoms with van der Waals surface area (Å²) in [4.78, 5) is 0. The number of aliphatic hydroxyl groups is 1. The Bertz CT molecular complexity index is 479. The lowest BCUT2D eigenvalue weighted by Crippen LogP contribution is -2.35. The molecular formula is C19H29NO3. The molecule has 3 rings (SSSR count). The van der Waals surface area contributed by atoms with Crippen LogP contribution in [-0.4, -0.2) is 37.6 Å². The molecule has 1 unspecified atom stereocenters. The predicted octanol–water partition coefficient (Wildman–Crippen LogP) is 2.89. The van der Waals surface area contributed by atoms with E-state index in [1.165, 1.54) is 31.2 Å². The molecule has 0 radical (unpaired) electrons. The fourth-order valence-electron chi connectivity index (χ4n) is 3.71. The van der Waals surface area contributed by atoms with Crippen molar-refractivity contribution in [3.8, 4) is 5.75 Å². The first-order valence-corrected chi connectivity index (χ1v) is 8.95. The van der Waals surface area contributed by atoms with Gasteiger partial charge in [0.15, 0.2) is 0 Å². The van der Waals surface area contributed by atoms with Crippen molar-refractivity contribution in [3.63, 3.8) is 0 Å². The van der Waals surface area contributed by atoms with Gasteiger partial charge in [0.25, 0.3) is 0 Å². The first-order valence-electron chi connectivity index (χ1n) is 8.95. The number of aliphatic hydroxyl groups excluding tert-OH is 1. The van der Waals surface area contributed by atoms with Crippen LogP contribution < -0.4 is 10.1 Å².